The lowest BCUT2D eigenvalue weighted by molar-refractivity contribution is 0.481. The molecule has 4 nitrogen and oxygen atoms in total. The van der Waals surface area contributed by atoms with E-state index < -0.39 is 0 Å². The van der Waals surface area contributed by atoms with Crippen LogP contribution in [-0.2, 0) is 12.8 Å². The Hall–Kier alpha value is -1.10. The fourth-order valence-corrected chi connectivity index (χ4v) is 2.29. The van der Waals surface area contributed by atoms with Gasteiger partial charge in [-0.3, -0.25) is 4.99 Å². The Kier molecular flexibility index (Phi) is 6.84. The molecule has 0 aliphatic carbocycles. The van der Waals surface area contributed by atoms with Crippen molar-refractivity contribution in [2.45, 2.75) is 46.6 Å². The monoisotopic (exact) mass is 282 g/mol. The van der Waals surface area contributed by atoms with E-state index in [1.165, 1.54) is 10.7 Å². The summed E-state index contributed by atoms with van der Waals surface area (Å²) in [5.74, 6) is 1.45. The summed E-state index contributed by atoms with van der Waals surface area (Å²) in [5, 5.41) is 10.1. The van der Waals surface area contributed by atoms with Crippen molar-refractivity contribution in [3.8, 4) is 0 Å². The minimum Gasteiger partial charge on any atom is -0.356 e. The van der Waals surface area contributed by atoms with Crippen molar-refractivity contribution in [2.75, 3.05) is 13.6 Å². The molecule has 2 N–H and O–H groups in total. The second-order valence-electron chi connectivity index (χ2n) is 5.01. The minimum absolute atomic E-state index is 0.414. The number of aromatic nitrogens is 1. The van der Waals surface area contributed by atoms with Crippen LogP contribution >= 0.6 is 11.3 Å². The Morgan fingerprint density at radius 2 is 2.16 bits per heavy atom. The highest BCUT2D eigenvalue weighted by molar-refractivity contribution is 7.09. The summed E-state index contributed by atoms with van der Waals surface area (Å²) in [5.41, 5.74) is 1.17. The first kappa shape index (κ1) is 16.0. The second kappa shape index (κ2) is 8.15. The van der Waals surface area contributed by atoms with Gasteiger partial charge in [0.05, 0.1) is 10.7 Å². The van der Waals surface area contributed by atoms with Crippen molar-refractivity contribution < 1.29 is 0 Å². The summed E-state index contributed by atoms with van der Waals surface area (Å²) >= 11 is 1.74. The molecule has 0 radical (unpaired) electrons. The van der Waals surface area contributed by atoms with Crippen molar-refractivity contribution >= 4 is 17.3 Å². The smallest absolute Gasteiger partial charge is 0.191 e. The number of aliphatic imine (C=N–C) groups is 1. The quantitative estimate of drug-likeness (QED) is 0.622. The molecule has 0 amide bonds. The third-order valence-corrected chi connectivity index (χ3v) is 4.21. The van der Waals surface area contributed by atoms with Gasteiger partial charge in [0, 0.05) is 31.4 Å². The lowest BCUT2D eigenvalue weighted by Crippen LogP contribution is -2.44. The van der Waals surface area contributed by atoms with Gasteiger partial charge in [-0.15, -0.1) is 11.3 Å². The molecular weight excluding hydrogens is 256 g/mol. The molecule has 0 bridgehead atoms. The van der Waals surface area contributed by atoms with E-state index in [0.717, 1.165) is 25.3 Å². The van der Waals surface area contributed by atoms with Gasteiger partial charge in [-0.05, 0) is 19.3 Å². The van der Waals surface area contributed by atoms with Crippen LogP contribution in [0.15, 0.2) is 10.4 Å². The fourth-order valence-electron chi connectivity index (χ4n) is 1.51. The summed E-state index contributed by atoms with van der Waals surface area (Å²) in [6.45, 7) is 9.57. The van der Waals surface area contributed by atoms with E-state index in [0.29, 0.717) is 12.0 Å². The number of hydrogen-bond donors (Lipinski definition) is 2. The molecular formula is C14H26N4S. The molecule has 0 aliphatic heterocycles. The van der Waals surface area contributed by atoms with Gasteiger partial charge in [-0.25, -0.2) is 4.98 Å². The molecule has 0 aliphatic rings. The van der Waals surface area contributed by atoms with Crippen LogP contribution in [0.2, 0.25) is 0 Å². The van der Waals surface area contributed by atoms with Crippen molar-refractivity contribution in [1.82, 2.24) is 15.6 Å². The number of guanidine groups is 1. The maximum Gasteiger partial charge on any atom is 0.191 e. The number of nitrogens with zero attached hydrogens (tertiary/aromatic N) is 2. The Morgan fingerprint density at radius 1 is 1.42 bits per heavy atom. The zero-order valence-corrected chi connectivity index (χ0v) is 13.5. The SMILES string of the molecule is CCc1nc(CCNC(=NC)NC(C)C(C)C)cs1. The number of rotatable bonds is 6. The van der Waals surface area contributed by atoms with Crippen LogP contribution in [0.25, 0.3) is 0 Å². The highest BCUT2D eigenvalue weighted by Crippen LogP contribution is 2.10. The van der Waals surface area contributed by atoms with E-state index in [-0.39, 0.29) is 0 Å². The molecule has 1 atom stereocenters. The van der Waals surface area contributed by atoms with Crippen molar-refractivity contribution in [2.24, 2.45) is 10.9 Å². The van der Waals surface area contributed by atoms with Crippen LogP contribution in [0.1, 0.15) is 38.4 Å². The van der Waals surface area contributed by atoms with Crippen molar-refractivity contribution in [3.63, 3.8) is 0 Å². The van der Waals surface area contributed by atoms with Crippen LogP contribution < -0.4 is 10.6 Å². The van der Waals surface area contributed by atoms with Gasteiger partial charge in [0.1, 0.15) is 0 Å². The van der Waals surface area contributed by atoms with Crippen LogP contribution in [0.4, 0.5) is 0 Å². The Bertz CT molecular complexity index is 398. The first-order valence-electron chi connectivity index (χ1n) is 6.97. The van der Waals surface area contributed by atoms with E-state index in [9.17, 15) is 0 Å². The average molecular weight is 282 g/mol. The maximum atomic E-state index is 4.56. The maximum absolute atomic E-state index is 4.56. The van der Waals surface area contributed by atoms with Crippen LogP contribution in [-0.4, -0.2) is 30.6 Å². The van der Waals surface area contributed by atoms with Gasteiger partial charge in [-0.1, -0.05) is 20.8 Å². The lowest BCUT2D eigenvalue weighted by atomic mass is 10.1. The zero-order chi connectivity index (χ0) is 14.3. The Labute approximate surface area is 120 Å². The second-order valence-corrected chi connectivity index (χ2v) is 5.95. The fraction of sp³-hybridized carbons (Fsp3) is 0.714. The average Bonchev–Trinajstić information content (AvgIpc) is 2.85. The molecule has 5 heteroatoms. The molecule has 0 aromatic carbocycles. The first-order chi connectivity index (χ1) is 9.06. The lowest BCUT2D eigenvalue weighted by Gasteiger charge is -2.20. The molecule has 1 rings (SSSR count). The predicted octanol–water partition coefficient (Wildman–Crippen LogP) is 2.46. The van der Waals surface area contributed by atoms with Crippen LogP contribution in [0.5, 0.6) is 0 Å². The van der Waals surface area contributed by atoms with Crippen molar-refractivity contribution in [1.29, 1.82) is 0 Å². The molecule has 108 valence electrons. The van der Waals surface area contributed by atoms with Crippen LogP contribution in [0, 0.1) is 5.92 Å². The van der Waals surface area contributed by atoms with E-state index in [1.807, 2.05) is 0 Å². The summed E-state index contributed by atoms with van der Waals surface area (Å²) in [7, 11) is 1.81. The predicted molar refractivity (Wildman–Crippen MR) is 84.0 cm³/mol. The Morgan fingerprint density at radius 3 is 2.68 bits per heavy atom. The van der Waals surface area contributed by atoms with Gasteiger partial charge in [0.25, 0.3) is 0 Å². The summed E-state index contributed by atoms with van der Waals surface area (Å²) < 4.78 is 0. The molecule has 1 heterocycles. The topological polar surface area (TPSA) is 49.3 Å². The molecule has 0 spiro atoms. The largest absolute Gasteiger partial charge is 0.356 e. The van der Waals surface area contributed by atoms with E-state index in [1.54, 1.807) is 18.4 Å². The van der Waals surface area contributed by atoms with Crippen LogP contribution in [0.3, 0.4) is 0 Å². The molecule has 1 aromatic heterocycles. The molecule has 1 aromatic rings. The number of thiazole rings is 1. The van der Waals surface area contributed by atoms with E-state index >= 15 is 0 Å². The van der Waals surface area contributed by atoms with Gasteiger partial charge in [-0.2, -0.15) is 0 Å². The Balaban J connectivity index is 2.34. The summed E-state index contributed by atoms with van der Waals surface area (Å²) in [6, 6.07) is 0.414. The molecule has 1 unspecified atom stereocenters. The van der Waals surface area contributed by atoms with Gasteiger partial charge in [0.15, 0.2) is 5.96 Å². The number of aryl methyl sites for hydroxylation is 1. The molecule has 0 saturated carbocycles. The molecule has 0 fully saturated rings. The summed E-state index contributed by atoms with van der Waals surface area (Å²) in [4.78, 5) is 8.80. The number of nitrogens with one attached hydrogen (secondary N) is 2. The zero-order valence-electron chi connectivity index (χ0n) is 12.7. The van der Waals surface area contributed by atoms with E-state index in [4.69, 9.17) is 0 Å². The van der Waals surface area contributed by atoms with Crippen molar-refractivity contribution in [3.05, 3.63) is 16.1 Å². The number of hydrogen-bond acceptors (Lipinski definition) is 3. The minimum atomic E-state index is 0.414. The third-order valence-electron chi connectivity index (χ3n) is 3.16. The van der Waals surface area contributed by atoms with E-state index in [2.05, 4.69) is 53.7 Å². The molecule has 19 heavy (non-hydrogen) atoms. The van der Waals surface area contributed by atoms with Gasteiger partial charge < -0.3 is 10.6 Å². The summed E-state index contributed by atoms with van der Waals surface area (Å²) in [6.07, 6.45) is 1.96. The molecule has 0 saturated heterocycles. The normalized spacial score (nSPS) is 13.7. The third kappa shape index (κ3) is 5.59. The highest BCUT2D eigenvalue weighted by Gasteiger charge is 2.08. The van der Waals surface area contributed by atoms with Gasteiger partial charge >= 0.3 is 0 Å². The van der Waals surface area contributed by atoms with Gasteiger partial charge in [0.2, 0.25) is 0 Å². The highest BCUT2D eigenvalue weighted by atomic mass is 32.1. The first-order valence-corrected chi connectivity index (χ1v) is 7.85. The standard InChI is InChI=1S/C14H26N4S/c1-6-13-18-12(9-19-13)7-8-16-14(15-5)17-11(4)10(2)3/h9-11H,6-8H2,1-5H3,(H2,15,16,17).